The zero-order chi connectivity index (χ0) is 22.2. The molecule has 8 heteroatoms. The number of carbonyl (C=O) groups excluding carboxylic acids is 1. The minimum absolute atomic E-state index is 0.298. The second-order valence-electron chi connectivity index (χ2n) is 7.20. The number of hydrogen-bond acceptors (Lipinski definition) is 7. The van der Waals surface area contributed by atoms with Gasteiger partial charge in [0, 0.05) is 30.6 Å². The molecule has 1 amide bonds. The largest absolute Gasteiger partial charge is 0.493 e. The van der Waals surface area contributed by atoms with Crippen molar-refractivity contribution in [3.8, 4) is 11.5 Å². The summed E-state index contributed by atoms with van der Waals surface area (Å²) >= 11 is 0. The van der Waals surface area contributed by atoms with Crippen LogP contribution in [0.5, 0.6) is 11.5 Å². The van der Waals surface area contributed by atoms with Gasteiger partial charge in [0.25, 0.3) is 0 Å². The maximum Gasteiger partial charge on any atom is 0.243 e. The third-order valence-corrected chi connectivity index (χ3v) is 4.98. The number of aryl methyl sites for hydroxylation is 1. The standard InChI is InChI=1S/C23H28N4O4/c1-16-24-19-10-7-6-9-18(19)23(25-16)27(2)17-12-13-20(30-3)21(15-17)31-14-8-4-5-11-22(28)26-29/h6-7,9-10,12-13,15,29H,4-5,8,11,14H2,1-3H3,(H,26,28). The maximum absolute atomic E-state index is 11.0. The van der Waals surface area contributed by atoms with Gasteiger partial charge in [-0.25, -0.2) is 15.4 Å². The Labute approximate surface area is 181 Å². The second kappa shape index (κ2) is 10.6. The molecule has 31 heavy (non-hydrogen) atoms. The monoisotopic (exact) mass is 424 g/mol. The molecular weight excluding hydrogens is 396 g/mol. The van der Waals surface area contributed by atoms with Crippen LogP contribution in [-0.2, 0) is 4.79 Å². The number of hydroxylamine groups is 1. The maximum atomic E-state index is 11.0. The van der Waals surface area contributed by atoms with E-state index in [-0.39, 0.29) is 5.91 Å². The number of hydrogen-bond donors (Lipinski definition) is 2. The molecule has 164 valence electrons. The summed E-state index contributed by atoms with van der Waals surface area (Å²) in [6.45, 7) is 2.39. The Morgan fingerprint density at radius 3 is 2.68 bits per heavy atom. The number of rotatable bonds is 10. The van der Waals surface area contributed by atoms with E-state index in [1.165, 1.54) is 0 Å². The van der Waals surface area contributed by atoms with E-state index >= 15 is 0 Å². The summed E-state index contributed by atoms with van der Waals surface area (Å²) in [7, 11) is 3.58. The normalized spacial score (nSPS) is 10.7. The van der Waals surface area contributed by atoms with Gasteiger partial charge in [0.2, 0.25) is 5.91 Å². The fourth-order valence-corrected chi connectivity index (χ4v) is 3.34. The molecule has 1 aromatic heterocycles. The molecular formula is C23H28N4O4. The third-order valence-electron chi connectivity index (χ3n) is 4.98. The van der Waals surface area contributed by atoms with Crippen molar-refractivity contribution < 1.29 is 19.5 Å². The van der Waals surface area contributed by atoms with Crippen LogP contribution in [-0.4, -0.2) is 41.8 Å². The summed E-state index contributed by atoms with van der Waals surface area (Å²) in [6.07, 6.45) is 2.60. The molecule has 3 rings (SSSR count). The van der Waals surface area contributed by atoms with E-state index < -0.39 is 0 Å². The lowest BCUT2D eigenvalue weighted by atomic mass is 10.2. The highest BCUT2D eigenvalue weighted by molar-refractivity contribution is 5.91. The minimum Gasteiger partial charge on any atom is -0.493 e. The van der Waals surface area contributed by atoms with Crippen LogP contribution in [0.2, 0.25) is 0 Å². The summed E-state index contributed by atoms with van der Waals surface area (Å²) in [5.74, 6) is 2.46. The molecule has 0 bridgehead atoms. The SMILES string of the molecule is COc1ccc(N(C)c2nc(C)nc3ccccc23)cc1OCCCCCC(=O)NO. The molecule has 2 N–H and O–H groups in total. The number of carbonyl (C=O) groups is 1. The van der Waals surface area contributed by atoms with E-state index in [0.29, 0.717) is 36.8 Å². The van der Waals surface area contributed by atoms with E-state index in [4.69, 9.17) is 14.7 Å². The number of anilines is 2. The van der Waals surface area contributed by atoms with Gasteiger partial charge in [0.15, 0.2) is 11.5 Å². The van der Waals surface area contributed by atoms with Gasteiger partial charge in [-0.1, -0.05) is 12.1 Å². The molecule has 2 aromatic carbocycles. The van der Waals surface area contributed by atoms with Gasteiger partial charge < -0.3 is 14.4 Å². The zero-order valence-corrected chi connectivity index (χ0v) is 18.1. The summed E-state index contributed by atoms with van der Waals surface area (Å²) in [6, 6.07) is 13.7. The van der Waals surface area contributed by atoms with Crippen molar-refractivity contribution in [2.45, 2.75) is 32.6 Å². The van der Waals surface area contributed by atoms with Gasteiger partial charge in [-0.2, -0.15) is 0 Å². The van der Waals surface area contributed by atoms with Crippen molar-refractivity contribution in [2.24, 2.45) is 0 Å². The van der Waals surface area contributed by atoms with Crippen LogP contribution in [0, 0.1) is 6.92 Å². The molecule has 0 atom stereocenters. The Morgan fingerprint density at radius 2 is 1.90 bits per heavy atom. The Bertz CT molecular complexity index is 1040. The van der Waals surface area contributed by atoms with Gasteiger partial charge in [-0.3, -0.25) is 10.0 Å². The fourth-order valence-electron chi connectivity index (χ4n) is 3.34. The van der Waals surface area contributed by atoms with Crippen LogP contribution < -0.4 is 19.9 Å². The van der Waals surface area contributed by atoms with E-state index in [2.05, 4.69) is 9.97 Å². The van der Waals surface area contributed by atoms with Crippen LogP contribution in [0.1, 0.15) is 31.5 Å². The summed E-state index contributed by atoms with van der Waals surface area (Å²) in [4.78, 5) is 22.2. The van der Waals surface area contributed by atoms with Crippen LogP contribution in [0.3, 0.4) is 0 Å². The Kier molecular flexibility index (Phi) is 7.61. The van der Waals surface area contributed by atoms with E-state index in [9.17, 15) is 4.79 Å². The topological polar surface area (TPSA) is 96.8 Å². The highest BCUT2D eigenvalue weighted by atomic mass is 16.5. The molecule has 0 spiro atoms. The molecule has 0 unspecified atom stereocenters. The molecule has 0 aliphatic rings. The third kappa shape index (κ3) is 5.61. The lowest BCUT2D eigenvalue weighted by molar-refractivity contribution is -0.129. The Hall–Kier alpha value is -3.39. The predicted octanol–water partition coefficient (Wildman–Crippen LogP) is 4.16. The van der Waals surface area contributed by atoms with Gasteiger partial charge in [0.1, 0.15) is 11.6 Å². The average molecular weight is 425 g/mol. The van der Waals surface area contributed by atoms with E-state index in [1.807, 2.05) is 61.3 Å². The first kappa shape index (κ1) is 22.3. The number of unbranched alkanes of at least 4 members (excludes halogenated alkanes) is 2. The van der Waals surface area contributed by atoms with Crippen molar-refractivity contribution >= 4 is 28.3 Å². The van der Waals surface area contributed by atoms with Crippen molar-refractivity contribution in [3.05, 3.63) is 48.3 Å². The number of ether oxygens (including phenoxy) is 2. The molecule has 0 aliphatic heterocycles. The average Bonchev–Trinajstić information content (AvgIpc) is 2.79. The van der Waals surface area contributed by atoms with Crippen molar-refractivity contribution in [3.63, 3.8) is 0 Å². The summed E-state index contributed by atoms with van der Waals surface area (Å²) < 4.78 is 11.4. The Balaban J connectivity index is 1.74. The number of nitrogens with one attached hydrogen (secondary N) is 1. The number of aromatic nitrogens is 2. The number of amides is 1. The van der Waals surface area contributed by atoms with Gasteiger partial charge in [-0.15, -0.1) is 0 Å². The lowest BCUT2D eigenvalue weighted by Gasteiger charge is -2.22. The van der Waals surface area contributed by atoms with Gasteiger partial charge in [0.05, 0.1) is 19.2 Å². The van der Waals surface area contributed by atoms with Gasteiger partial charge in [-0.05, 0) is 50.5 Å². The molecule has 0 fully saturated rings. The van der Waals surface area contributed by atoms with E-state index in [0.717, 1.165) is 35.2 Å². The van der Waals surface area contributed by atoms with Crippen LogP contribution in [0.4, 0.5) is 11.5 Å². The lowest BCUT2D eigenvalue weighted by Crippen LogP contribution is -2.17. The molecule has 0 saturated carbocycles. The Morgan fingerprint density at radius 1 is 1.10 bits per heavy atom. The van der Waals surface area contributed by atoms with Crippen LogP contribution in [0.25, 0.3) is 10.9 Å². The number of nitrogens with zero attached hydrogens (tertiary/aromatic N) is 3. The number of para-hydroxylation sites is 1. The van der Waals surface area contributed by atoms with Crippen LogP contribution >= 0.6 is 0 Å². The number of benzene rings is 2. The molecule has 0 radical (unpaired) electrons. The fraction of sp³-hybridized carbons (Fsp3) is 0.348. The van der Waals surface area contributed by atoms with Crippen LogP contribution in [0.15, 0.2) is 42.5 Å². The minimum atomic E-state index is -0.370. The highest BCUT2D eigenvalue weighted by Crippen LogP contribution is 2.35. The predicted molar refractivity (Wildman–Crippen MR) is 119 cm³/mol. The molecule has 1 heterocycles. The first-order valence-electron chi connectivity index (χ1n) is 10.2. The van der Waals surface area contributed by atoms with E-state index in [1.54, 1.807) is 12.6 Å². The highest BCUT2D eigenvalue weighted by Gasteiger charge is 2.14. The first-order chi connectivity index (χ1) is 15.0. The molecule has 3 aromatic rings. The zero-order valence-electron chi connectivity index (χ0n) is 18.1. The second-order valence-corrected chi connectivity index (χ2v) is 7.20. The van der Waals surface area contributed by atoms with Crippen molar-refractivity contribution in [1.82, 2.24) is 15.4 Å². The first-order valence-corrected chi connectivity index (χ1v) is 10.2. The smallest absolute Gasteiger partial charge is 0.243 e. The number of fused-ring (bicyclic) bond motifs is 1. The van der Waals surface area contributed by atoms with Crippen molar-refractivity contribution in [1.29, 1.82) is 0 Å². The number of methoxy groups -OCH3 is 1. The summed E-state index contributed by atoms with van der Waals surface area (Å²) in [5.41, 5.74) is 3.46. The summed E-state index contributed by atoms with van der Waals surface area (Å²) in [5, 5.41) is 9.49. The quantitative estimate of drug-likeness (QED) is 0.287. The molecule has 0 saturated heterocycles. The molecule has 8 nitrogen and oxygen atoms in total. The molecule has 0 aliphatic carbocycles. The van der Waals surface area contributed by atoms with Gasteiger partial charge >= 0.3 is 0 Å². The van der Waals surface area contributed by atoms with Crippen molar-refractivity contribution in [2.75, 3.05) is 25.7 Å².